The highest BCUT2D eigenvalue weighted by Crippen LogP contribution is 2.37. The average Bonchev–Trinajstić information content (AvgIpc) is 2.63. The number of rotatable bonds is 4. The van der Waals surface area contributed by atoms with Crippen LogP contribution in [0.15, 0.2) is 30.3 Å². The Morgan fingerprint density at radius 1 is 1.04 bits per heavy atom. The van der Waals surface area contributed by atoms with Crippen LogP contribution in [-0.4, -0.2) is 29.9 Å². The summed E-state index contributed by atoms with van der Waals surface area (Å²) >= 11 is 0. The van der Waals surface area contributed by atoms with Crippen LogP contribution in [0.2, 0.25) is 0 Å². The molecule has 0 spiro atoms. The van der Waals surface area contributed by atoms with Crippen molar-refractivity contribution in [2.24, 2.45) is 11.7 Å². The molecule has 1 atom stereocenters. The molecule has 1 aliphatic heterocycles. The number of carbonyl (C=O) groups is 1. The minimum atomic E-state index is 0. The normalized spacial score (nSPS) is 27.4. The fourth-order valence-corrected chi connectivity index (χ4v) is 4.36. The van der Waals surface area contributed by atoms with E-state index in [1.54, 1.807) is 0 Å². The quantitative estimate of drug-likeness (QED) is 0.888. The number of hydrogen-bond donors (Lipinski definition) is 1. The van der Waals surface area contributed by atoms with Crippen molar-refractivity contribution in [3.8, 4) is 0 Å². The molecule has 1 aliphatic carbocycles. The number of halogens is 1. The molecule has 0 bridgehead atoms. The highest BCUT2D eigenvalue weighted by molar-refractivity contribution is 5.85. The van der Waals surface area contributed by atoms with Gasteiger partial charge in [-0.15, -0.1) is 12.4 Å². The van der Waals surface area contributed by atoms with E-state index in [-0.39, 0.29) is 18.4 Å². The molecular weight excluding hydrogens is 320 g/mol. The molecule has 1 heterocycles. The van der Waals surface area contributed by atoms with E-state index in [9.17, 15) is 4.79 Å². The molecule has 2 fully saturated rings. The zero-order valence-corrected chi connectivity index (χ0v) is 15.3. The molecule has 1 amide bonds. The maximum atomic E-state index is 12.7. The van der Waals surface area contributed by atoms with E-state index in [2.05, 4.69) is 35.2 Å². The summed E-state index contributed by atoms with van der Waals surface area (Å²) in [5, 5.41) is 0. The third-order valence-electron chi connectivity index (χ3n) is 5.80. The summed E-state index contributed by atoms with van der Waals surface area (Å²) in [5.41, 5.74) is 7.32. The first-order valence-corrected chi connectivity index (χ1v) is 9.32. The van der Waals surface area contributed by atoms with Gasteiger partial charge in [0.05, 0.1) is 0 Å². The van der Waals surface area contributed by atoms with Gasteiger partial charge in [0.1, 0.15) is 0 Å². The van der Waals surface area contributed by atoms with Crippen molar-refractivity contribution in [1.82, 2.24) is 4.90 Å². The molecule has 2 aliphatic rings. The highest BCUT2D eigenvalue weighted by Gasteiger charge is 2.29. The summed E-state index contributed by atoms with van der Waals surface area (Å²) < 4.78 is 0. The summed E-state index contributed by atoms with van der Waals surface area (Å²) in [7, 11) is 0. The number of hydrogen-bond acceptors (Lipinski definition) is 2. The Balaban J connectivity index is 0.00000208. The fourth-order valence-electron chi connectivity index (χ4n) is 4.36. The summed E-state index contributed by atoms with van der Waals surface area (Å²) in [5.74, 6) is 1.61. The summed E-state index contributed by atoms with van der Waals surface area (Å²) in [6.07, 6.45) is 9.00. The SMILES string of the molecule is Cl.NCC1CCCCN1C(=O)CC1CCC(c2ccccc2)CC1. The molecular formula is C20H31ClN2O. The first-order valence-electron chi connectivity index (χ1n) is 9.32. The van der Waals surface area contributed by atoms with E-state index >= 15 is 0 Å². The van der Waals surface area contributed by atoms with Gasteiger partial charge in [0.15, 0.2) is 0 Å². The number of piperidine rings is 1. The van der Waals surface area contributed by atoms with Crippen molar-refractivity contribution >= 4 is 18.3 Å². The number of carbonyl (C=O) groups excluding carboxylic acids is 1. The van der Waals surface area contributed by atoms with Crippen LogP contribution in [0.1, 0.15) is 62.8 Å². The van der Waals surface area contributed by atoms with Crippen LogP contribution >= 0.6 is 12.4 Å². The second-order valence-corrected chi connectivity index (χ2v) is 7.30. The van der Waals surface area contributed by atoms with Crippen LogP contribution in [-0.2, 0) is 4.79 Å². The predicted octanol–water partition coefficient (Wildman–Crippen LogP) is 4.11. The van der Waals surface area contributed by atoms with Gasteiger partial charge in [-0.05, 0) is 62.3 Å². The molecule has 1 saturated carbocycles. The second-order valence-electron chi connectivity index (χ2n) is 7.30. The number of likely N-dealkylation sites (tertiary alicyclic amines) is 1. The van der Waals surface area contributed by atoms with Gasteiger partial charge in [-0.2, -0.15) is 0 Å². The van der Waals surface area contributed by atoms with Crippen LogP contribution in [0, 0.1) is 5.92 Å². The molecule has 24 heavy (non-hydrogen) atoms. The third-order valence-corrected chi connectivity index (χ3v) is 5.80. The Labute approximate surface area is 152 Å². The van der Waals surface area contributed by atoms with Gasteiger partial charge in [0, 0.05) is 25.6 Å². The molecule has 3 rings (SSSR count). The Hall–Kier alpha value is -1.06. The number of nitrogens with two attached hydrogens (primary N) is 1. The molecule has 1 saturated heterocycles. The standard InChI is InChI=1S/C20H30N2O.ClH/c21-15-19-8-4-5-13-22(19)20(23)14-16-9-11-18(12-10-16)17-6-2-1-3-7-17;/h1-3,6-7,16,18-19H,4-5,8-15,21H2;1H. The van der Waals surface area contributed by atoms with Crippen LogP contribution in [0.4, 0.5) is 0 Å². The Bertz CT molecular complexity index is 500. The van der Waals surface area contributed by atoms with Gasteiger partial charge < -0.3 is 10.6 Å². The first kappa shape index (κ1) is 19.3. The predicted molar refractivity (Wildman–Crippen MR) is 101 cm³/mol. The molecule has 0 aromatic heterocycles. The fraction of sp³-hybridized carbons (Fsp3) is 0.650. The molecule has 1 unspecified atom stereocenters. The lowest BCUT2D eigenvalue weighted by Gasteiger charge is -2.37. The van der Waals surface area contributed by atoms with Gasteiger partial charge >= 0.3 is 0 Å². The molecule has 2 N–H and O–H groups in total. The minimum absolute atomic E-state index is 0. The molecule has 4 heteroatoms. The average molecular weight is 351 g/mol. The molecule has 1 aromatic carbocycles. The Morgan fingerprint density at radius 3 is 2.42 bits per heavy atom. The van der Waals surface area contributed by atoms with E-state index in [1.165, 1.54) is 37.7 Å². The minimum Gasteiger partial charge on any atom is -0.338 e. The zero-order chi connectivity index (χ0) is 16.1. The van der Waals surface area contributed by atoms with Crippen LogP contribution in [0.5, 0.6) is 0 Å². The van der Waals surface area contributed by atoms with Gasteiger partial charge in [0.2, 0.25) is 5.91 Å². The summed E-state index contributed by atoms with van der Waals surface area (Å²) in [6.45, 7) is 1.53. The largest absolute Gasteiger partial charge is 0.338 e. The van der Waals surface area contributed by atoms with Crippen molar-refractivity contribution in [3.05, 3.63) is 35.9 Å². The number of nitrogens with zero attached hydrogens (tertiary/aromatic N) is 1. The van der Waals surface area contributed by atoms with Crippen molar-refractivity contribution < 1.29 is 4.79 Å². The Kier molecular flexibility index (Phi) is 7.57. The van der Waals surface area contributed by atoms with E-state index in [1.807, 2.05) is 0 Å². The third kappa shape index (κ3) is 4.73. The van der Waals surface area contributed by atoms with Crippen LogP contribution in [0.3, 0.4) is 0 Å². The molecule has 1 aromatic rings. The zero-order valence-electron chi connectivity index (χ0n) is 14.5. The van der Waals surface area contributed by atoms with E-state index in [0.29, 0.717) is 24.3 Å². The van der Waals surface area contributed by atoms with Crippen molar-refractivity contribution in [3.63, 3.8) is 0 Å². The second kappa shape index (κ2) is 9.43. The monoisotopic (exact) mass is 350 g/mol. The lowest BCUT2D eigenvalue weighted by molar-refractivity contribution is -0.135. The maximum absolute atomic E-state index is 12.7. The lowest BCUT2D eigenvalue weighted by Crippen LogP contribution is -2.47. The lowest BCUT2D eigenvalue weighted by atomic mass is 9.77. The number of amides is 1. The molecule has 0 radical (unpaired) electrons. The van der Waals surface area contributed by atoms with Gasteiger partial charge in [-0.3, -0.25) is 4.79 Å². The van der Waals surface area contributed by atoms with Crippen molar-refractivity contribution in [2.45, 2.75) is 63.3 Å². The van der Waals surface area contributed by atoms with Gasteiger partial charge in [-0.1, -0.05) is 30.3 Å². The van der Waals surface area contributed by atoms with Crippen molar-refractivity contribution in [1.29, 1.82) is 0 Å². The van der Waals surface area contributed by atoms with Crippen LogP contribution in [0.25, 0.3) is 0 Å². The summed E-state index contributed by atoms with van der Waals surface area (Å²) in [4.78, 5) is 14.7. The van der Waals surface area contributed by atoms with E-state index < -0.39 is 0 Å². The number of benzene rings is 1. The van der Waals surface area contributed by atoms with E-state index in [0.717, 1.165) is 25.8 Å². The van der Waals surface area contributed by atoms with Crippen molar-refractivity contribution in [2.75, 3.05) is 13.1 Å². The van der Waals surface area contributed by atoms with E-state index in [4.69, 9.17) is 5.73 Å². The van der Waals surface area contributed by atoms with Gasteiger partial charge in [0.25, 0.3) is 0 Å². The maximum Gasteiger partial charge on any atom is 0.223 e. The topological polar surface area (TPSA) is 46.3 Å². The van der Waals surface area contributed by atoms with Gasteiger partial charge in [-0.25, -0.2) is 0 Å². The smallest absolute Gasteiger partial charge is 0.223 e. The molecule has 3 nitrogen and oxygen atoms in total. The Morgan fingerprint density at radius 2 is 1.75 bits per heavy atom. The summed E-state index contributed by atoms with van der Waals surface area (Å²) in [6, 6.07) is 11.1. The first-order chi connectivity index (χ1) is 11.3. The van der Waals surface area contributed by atoms with Crippen LogP contribution < -0.4 is 5.73 Å². The highest BCUT2D eigenvalue weighted by atomic mass is 35.5. The molecule has 134 valence electrons.